The molecule has 0 aromatic carbocycles. The molecule has 0 fully saturated rings. The Bertz CT molecular complexity index is 422. The molecule has 0 spiro atoms. The molecule has 4 heteroatoms. The van der Waals surface area contributed by atoms with Crippen molar-refractivity contribution in [2.75, 3.05) is 0 Å². The predicted molar refractivity (Wildman–Crippen MR) is 55.0 cm³/mol. The first kappa shape index (κ1) is 9.09. The highest BCUT2D eigenvalue weighted by Crippen LogP contribution is 2.15. The van der Waals surface area contributed by atoms with Gasteiger partial charge in [0.1, 0.15) is 0 Å². The Balaban J connectivity index is 2.52. The quantitative estimate of drug-likeness (QED) is 0.672. The molecule has 14 heavy (non-hydrogen) atoms. The third-order valence-electron chi connectivity index (χ3n) is 1.75. The normalized spacial score (nSPS) is 10.1. The van der Waals surface area contributed by atoms with Crippen molar-refractivity contribution < 1.29 is 0 Å². The van der Waals surface area contributed by atoms with Crippen molar-refractivity contribution in [2.24, 2.45) is 0 Å². The van der Waals surface area contributed by atoms with Crippen LogP contribution in [0.4, 0.5) is 0 Å². The second-order valence-corrected chi connectivity index (χ2v) is 3.22. The van der Waals surface area contributed by atoms with E-state index in [0.717, 1.165) is 17.1 Å². The maximum Gasteiger partial charge on any atom is 0.223 e. The summed E-state index contributed by atoms with van der Waals surface area (Å²) in [6.07, 6.45) is 1.72. The summed E-state index contributed by atoms with van der Waals surface area (Å²) < 4.78 is 0. The van der Waals surface area contributed by atoms with Gasteiger partial charge in [0.25, 0.3) is 0 Å². The highest BCUT2D eigenvalue weighted by molar-refractivity contribution is 6.28. The van der Waals surface area contributed by atoms with E-state index in [-0.39, 0.29) is 5.28 Å². The van der Waals surface area contributed by atoms with Crippen LogP contribution in [0.2, 0.25) is 5.28 Å². The van der Waals surface area contributed by atoms with Gasteiger partial charge in [-0.2, -0.15) is 0 Å². The van der Waals surface area contributed by atoms with Gasteiger partial charge in [-0.3, -0.25) is 4.98 Å². The van der Waals surface area contributed by atoms with Gasteiger partial charge >= 0.3 is 0 Å². The molecule has 0 aliphatic carbocycles. The maximum absolute atomic E-state index is 5.75. The van der Waals surface area contributed by atoms with Crippen LogP contribution in [0.25, 0.3) is 11.4 Å². The summed E-state index contributed by atoms with van der Waals surface area (Å²) in [7, 11) is 0. The number of rotatable bonds is 1. The maximum atomic E-state index is 5.75. The van der Waals surface area contributed by atoms with E-state index >= 15 is 0 Å². The Morgan fingerprint density at radius 3 is 2.64 bits per heavy atom. The minimum absolute atomic E-state index is 0.255. The first-order valence-electron chi connectivity index (χ1n) is 4.18. The molecule has 0 atom stereocenters. The Labute approximate surface area is 86.8 Å². The molecule has 2 heterocycles. The largest absolute Gasteiger partial charge is 0.255 e. The second-order valence-electron chi connectivity index (χ2n) is 2.88. The number of pyridine rings is 1. The number of aryl methyl sites for hydroxylation is 1. The van der Waals surface area contributed by atoms with Crippen LogP contribution in [0.15, 0.2) is 30.5 Å². The molecule has 0 amide bonds. The molecule has 2 aromatic heterocycles. The van der Waals surface area contributed by atoms with Gasteiger partial charge in [-0.1, -0.05) is 6.07 Å². The SMILES string of the molecule is Cc1cc(-c2ccccn2)nc(Cl)n1. The summed E-state index contributed by atoms with van der Waals surface area (Å²) in [5.41, 5.74) is 2.40. The minimum Gasteiger partial charge on any atom is -0.255 e. The molecule has 0 aliphatic rings. The van der Waals surface area contributed by atoms with Crippen LogP contribution in [0.3, 0.4) is 0 Å². The Morgan fingerprint density at radius 2 is 2.00 bits per heavy atom. The van der Waals surface area contributed by atoms with Crippen LogP contribution in [-0.2, 0) is 0 Å². The summed E-state index contributed by atoms with van der Waals surface area (Å²) >= 11 is 5.75. The molecule has 0 saturated heterocycles. The standard InChI is InChI=1S/C10H8ClN3/c1-7-6-9(14-10(11)13-7)8-4-2-3-5-12-8/h2-6H,1H3. The summed E-state index contributed by atoms with van der Waals surface area (Å²) in [5, 5.41) is 0.255. The smallest absolute Gasteiger partial charge is 0.223 e. The van der Waals surface area contributed by atoms with Crippen LogP contribution in [0, 0.1) is 6.92 Å². The van der Waals surface area contributed by atoms with Crippen molar-refractivity contribution in [2.45, 2.75) is 6.92 Å². The van der Waals surface area contributed by atoms with Gasteiger partial charge in [-0.25, -0.2) is 9.97 Å². The van der Waals surface area contributed by atoms with Crippen LogP contribution >= 0.6 is 11.6 Å². The molecule has 0 aliphatic heterocycles. The van der Waals surface area contributed by atoms with E-state index in [0.29, 0.717) is 0 Å². The van der Waals surface area contributed by atoms with Crippen molar-refractivity contribution in [1.82, 2.24) is 15.0 Å². The van der Waals surface area contributed by atoms with E-state index in [1.165, 1.54) is 0 Å². The fourth-order valence-electron chi connectivity index (χ4n) is 1.18. The summed E-state index contributed by atoms with van der Waals surface area (Å²) in [5.74, 6) is 0. The molecule has 0 bridgehead atoms. The van der Waals surface area contributed by atoms with Gasteiger partial charge in [0.05, 0.1) is 11.4 Å². The second kappa shape index (κ2) is 3.72. The summed E-state index contributed by atoms with van der Waals surface area (Å²) in [6, 6.07) is 7.51. The van der Waals surface area contributed by atoms with Gasteiger partial charge in [-0.05, 0) is 36.7 Å². The lowest BCUT2D eigenvalue weighted by molar-refractivity contribution is 1.10. The third-order valence-corrected chi connectivity index (χ3v) is 1.92. The monoisotopic (exact) mass is 205 g/mol. The number of hydrogen-bond donors (Lipinski definition) is 0. The average Bonchev–Trinajstić information content (AvgIpc) is 2.18. The summed E-state index contributed by atoms with van der Waals surface area (Å²) in [6.45, 7) is 1.88. The Hall–Kier alpha value is -1.48. The van der Waals surface area contributed by atoms with E-state index in [1.807, 2.05) is 31.2 Å². The third kappa shape index (κ3) is 1.88. The molecule has 70 valence electrons. The van der Waals surface area contributed by atoms with E-state index in [1.54, 1.807) is 6.20 Å². The molecular weight excluding hydrogens is 198 g/mol. The van der Waals surface area contributed by atoms with Crippen LogP contribution in [0.1, 0.15) is 5.69 Å². The number of nitrogens with zero attached hydrogens (tertiary/aromatic N) is 3. The van der Waals surface area contributed by atoms with E-state index in [9.17, 15) is 0 Å². The Morgan fingerprint density at radius 1 is 1.14 bits per heavy atom. The first-order chi connectivity index (χ1) is 6.75. The van der Waals surface area contributed by atoms with E-state index in [4.69, 9.17) is 11.6 Å². The van der Waals surface area contributed by atoms with Crippen molar-refractivity contribution >= 4 is 11.6 Å². The lowest BCUT2D eigenvalue weighted by Gasteiger charge is -2.00. The molecule has 0 radical (unpaired) electrons. The van der Waals surface area contributed by atoms with Crippen LogP contribution in [-0.4, -0.2) is 15.0 Å². The molecule has 2 rings (SSSR count). The lowest BCUT2D eigenvalue weighted by atomic mass is 10.2. The number of halogens is 1. The molecule has 3 nitrogen and oxygen atoms in total. The molecule has 0 unspecified atom stereocenters. The lowest BCUT2D eigenvalue weighted by Crippen LogP contribution is -1.91. The molecule has 0 N–H and O–H groups in total. The van der Waals surface area contributed by atoms with Crippen molar-refractivity contribution in [3.63, 3.8) is 0 Å². The zero-order valence-electron chi connectivity index (χ0n) is 7.61. The van der Waals surface area contributed by atoms with E-state index in [2.05, 4.69) is 15.0 Å². The van der Waals surface area contributed by atoms with E-state index < -0.39 is 0 Å². The van der Waals surface area contributed by atoms with Gasteiger partial charge in [-0.15, -0.1) is 0 Å². The zero-order chi connectivity index (χ0) is 9.97. The van der Waals surface area contributed by atoms with Crippen LogP contribution < -0.4 is 0 Å². The van der Waals surface area contributed by atoms with Gasteiger partial charge < -0.3 is 0 Å². The first-order valence-corrected chi connectivity index (χ1v) is 4.56. The molecule has 2 aromatic rings. The average molecular weight is 206 g/mol. The Kier molecular flexibility index (Phi) is 2.41. The van der Waals surface area contributed by atoms with Crippen molar-refractivity contribution in [3.05, 3.63) is 41.4 Å². The highest BCUT2D eigenvalue weighted by Gasteiger charge is 2.02. The number of hydrogen-bond acceptors (Lipinski definition) is 3. The van der Waals surface area contributed by atoms with Crippen molar-refractivity contribution in [1.29, 1.82) is 0 Å². The van der Waals surface area contributed by atoms with Gasteiger partial charge in [0.2, 0.25) is 5.28 Å². The fraction of sp³-hybridized carbons (Fsp3) is 0.100. The topological polar surface area (TPSA) is 38.7 Å². The molecule has 0 saturated carbocycles. The minimum atomic E-state index is 0.255. The summed E-state index contributed by atoms with van der Waals surface area (Å²) in [4.78, 5) is 12.3. The molecular formula is C10H8ClN3. The highest BCUT2D eigenvalue weighted by atomic mass is 35.5. The van der Waals surface area contributed by atoms with Gasteiger partial charge in [0.15, 0.2) is 0 Å². The number of aromatic nitrogens is 3. The zero-order valence-corrected chi connectivity index (χ0v) is 8.36. The predicted octanol–water partition coefficient (Wildman–Crippen LogP) is 2.50. The van der Waals surface area contributed by atoms with Crippen LogP contribution in [0.5, 0.6) is 0 Å². The fourth-order valence-corrected chi connectivity index (χ4v) is 1.40. The van der Waals surface area contributed by atoms with Gasteiger partial charge in [0, 0.05) is 11.9 Å². The van der Waals surface area contributed by atoms with Crippen molar-refractivity contribution in [3.8, 4) is 11.4 Å².